The zero-order chi connectivity index (χ0) is 21.9. The Morgan fingerprint density at radius 2 is 1.93 bits per heavy atom. The highest BCUT2D eigenvalue weighted by Gasteiger charge is 2.35. The van der Waals surface area contributed by atoms with Gasteiger partial charge in [0.25, 0.3) is 0 Å². The summed E-state index contributed by atoms with van der Waals surface area (Å²) < 4.78 is 66.5. The molecule has 0 bridgehead atoms. The number of nitrogens with one attached hydrogen (secondary N) is 1. The van der Waals surface area contributed by atoms with Crippen LogP contribution < -0.4 is 4.72 Å². The quantitative estimate of drug-likeness (QED) is 0.621. The Morgan fingerprint density at radius 3 is 2.53 bits per heavy atom. The average Bonchev–Trinajstić information content (AvgIpc) is 3.14. The van der Waals surface area contributed by atoms with E-state index in [9.17, 15) is 26.0 Å². The molecule has 1 aliphatic heterocycles. The molecule has 2 aromatic rings. The van der Waals surface area contributed by atoms with Crippen molar-refractivity contribution >= 4 is 25.8 Å². The van der Waals surface area contributed by atoms with Gasteiger partial charge >= 0.3 is 0 Å². The molecule has 1 fully saturated rings. The van der Waals surface area contributed by atoms with Gasteiger partial charge in [-0.05, 0) is 31.0 Å². The molecule has 0 spiro atoms. The number of aryl methyl sites for hydroxylation is 1. The zero-order valence-corrected chi connectivity index (χ0v) is 17.9. The highest BCUT2D eigenvalue weighted by Crippen LogP contribution is 2.23. The van der Waals surface area contributed by atoms with Gasteiger partial charge in [-0.3, -0.25) is 4.79 Å². The molecular weight excluding hydrogens is 437 g/mol. The first-order chi connectivity index (χ1) is 14.1. The zero-order valence-electron chi connectivity index (χ0n) is 16.2. The highest BCUT2D eigenvalue weighted by atomic mass is 32.2. The third-order valence-electron chi connectivity index (χ3n) is 4.90. The summed E-state index contributed by atoms with van der Waals surface area (Å²) in [6, 6.07) is 4.58. The summed E-state index contributed by atoms with van der Waals surface area (Å²) in [5.41, 5.74) is 0. The van der Waals surface area contributed by atoms with E-state index in [0.29, 0.717) is 0 Å². The van der Waals surface area contributed by atoms with Gasteiger partial charge in [-0.15, -0.1) is 10.2 Å². The third-order valence-corrected chi connectivity index (χ3v) is 8.58. The van der Waals surface area contributed by atoms with Crippen molar-refractivity contribution in [3.8, 4) is 0 Å². The monoisotopic (exact) mass is 459 g/mol. The molecule has 2 heterocycles. The van der Waals surface area contributed by atoms with Crippen LogP contribution in [0.3, 0.4) is 0 Å². The molecule has 1 aromatic carbocycles. The minimum Gasteiger partial charge on any atom is -0.343 e. The topological polar surface area (TPSA) is 131 Å². The third kappa shape index (κ3) is 4.84. The summed E-state index contributed by atoms with van der Waals surface area (Å²) in [7, 11) is -6.01. The summed E-state index contributed by atoms with van der Waals surface area (Å²) in [5.74, 6) is -0.959. The second-order valence-corrected chi connectivity index (χ2v) is 10.8. The van der Waals surface area contributed by atoms with E-state index < -0.39 is 30.9 Å². The van der Waals surface area contributed by atoms with E-state index in [1.54, 1.807) is 7.05 Å². The van der Waals surface area contributed by atoms with Gasteiger partial charge in [0.05, 0.1) is 10.1 Å². The Morgan fingerprint density at radius 1 is 1.23 bits per heavy atom. The van der Waals surface area contributed by atoms with Crippen LogP contribution in [0.25, 0.3) is 0 Å². The number of piperidine rings is 1. The SMILES string of the molecule is Cn1cnnc1S(=O)(=O)C1CCN(C(=O)CCNS(=O)(=O)c2cccc(F)c2)CC1. The van der Waals surface area contributed by atoms with E-state index in [-0.39, 0.29) is 54.9 Å². The number of rotatable bonds is 7. The fourth-order valence-corrected chi connectivity index (χ4v) is 6.06. The Hall–Kier alpha value is -2.38. The number of sulfone groups is 1. The van der Waals surface area contributed by atoms with E-state index in [0.717, 1.165) is 12.1 Å². The number of hydrogen-bond acceptors (Lipinski definition) is 7. The van der Waals surface area contributed by atoms with Crippen molar-refractivity contribution in [2.75, 3.05) is 19.6 Å². The molecular formula is C17H22FN5O5S2. The van der Waals surface area contributed by atoms with Crippen molar-refractivity contribution in [1.82, 2.24) is 24.4 Å². The number of amides is 1. The van der Waals surface area contributed by atoms with Crippen LogP contribution in [0.4, 0.5) is 4.39 Å². The fourth-order valence-electron chi connectivity index (χ4n) is 3.26. The molecule has 1 aliphatic rings. The van der Waals surface area contributed by atoms with Crippen LogP contribution in [-0.4, -0.2) is 67.3 Å². The predicted molar refractivity (Wildman–Crippen MR) is 104 cm³/mol. The molecule has 1 amide bonds. The lowest BCUT2D eigenvalue weighted by Crippen LogP contribution is -2.43. The van der Waals surface area contributed by atoms with Gasteiger partial charge in [-0.2, -0.15) is 0 Å². The van der Waals surface area contributed by atoms with Gasteiger partial charge in [0.1, 0.15) is 12.1 Å². The van der Waals surface area contributed by atoms with Crippen LogP contribution in [0, 0.1) is 5.82 Å². The van der Waals surface area contributed by atoms with E-state index in [1.807, 2.05) is 0 Å². The van der Waals surface area contributed by atoms with Crippen molar-refractivity contribution in [1.29, 1.82) is 0 Å². The first kappa shape index (κ1) is 22.3. The number of nitrogens with zero attached hydrogens (tertiary/aromatic N) is 4. The Kier molecular flexibility index (Phi) is 6.53. The first-order valence-corrected chi connectivity index (χ1v) is 12.2. The minimum atomic E-state index is -3.92. The normalized spacial score (nSPS) is 16.0. The number of hydrogen-bond donors (Lipinski definition) is 1. The summed E-state index contributed by atoms with van der Waals surface area (Å²) in [6.45, 7) is 0.350. The molecule has 3 rings (SSSR count). The van der Waals surface area contributed by atoms with Crippen molar-refractivity contribution < 1.29 is 26.0 Å². The molecule has 10 nitrogen and oxygen atoms in total. The van der Waals surface area contributed by atoms with Gasteiger partial charge in [0.2, 0.25) is 30.9 Å². The number of carbonyl (C=O) groups excluding carboxylic acids is 1. The molecule has 0 atom stereocenters. The molecule has 0 unspecified atom stereocenters. The second-order valence-electron chi connectivity index (χ2n) is 6.95. The molecule has 0 aliphatic carbocycles. The van der Waals surface area contributed by atoms with Gasteiger partial charge in [-0.25, -0.2) is 25.9 Å². The van der Waals surface area contributed by atoms with Crippen LogP contribution in [0.2, 0.25) is 0 Å². The summed E-state index contributed by atoms with van der Waals surface area (Å²) in [5, 5.41) is 6.51. The van der Waals surface area contributed by atoms with E-state index in [4.69, 9.17) is 0 Å². The Labute approximate surface area is 174 Å². The maximum Gasteiger partial charge on any atom is 0.249 e. The molecule has 164 valence electrons. The average molecular weight is 460 g/mol. The van der Waals surface area contributed by atoms with Gasteiger partial charge in [-0.1, -0.05) is 6.07 Å². The van der Waals surface area contributed by atoms with E-state index in [2.05, 4.69) is 14.9 Å². The van der Waals surface area contributed by atoms with Crippen molar-refractivity contribution in [2.24, 2.45) is 7.05 Å². The number of likely N-dealkylation sites (tertiary alicyclic amines) is 1. The largest absolute Gasteiger partial charge is 0.343 e. The molecule has 1 aromatic heterocycles. The Bertz CT molecular complexity index is 1120. The molecule has 0 radical (unpaired) electrons. The number of benzene rings is 1. The molecule has 1 saturated heterocycles. The number of carbonyl (C=O) groups is 1. The van der Waals surface area contributed by atoms with Crippen LogP contribution in [0.5, 0.6) is 0 Å². The van der Waals surface area contributed by atoms with Crippen LogP contribution in [0.15, 0.2) is 40.6 Å². The second kappa shape index (κ2) is 8.78. The van der Waals surface area contributed by atoms with Crippen molar-refractivity contribution in [3.05, 3.63) is 36.4 Å². The predicted octanol–water partition coefficient (Wildman–Crippen LogP) is 0.0875. The number of sulfonamides is 1. The van der Waals surface area contributed by atoms with Crippen molar-refractivity contribution in [2.45, 2.75) is 34.6 Å². The van der Waals surface area contributed by atoms with Gasteiger partial charge < -0.3 is 9.47 Å². The smallest absolute Gasteiger partial charge is 0.249 e. The van der Waals surface area contributed by atoms with Crippen LogP contribution in [-0.2, 0) is 31.7 Å². The highest BCUT2D eigenvalue weighted by molar-refractivity contribution is 7.91. The maximum atomic E-state index is 13.2. The standard InChI is InChI=1S/C17H22FN5O5S2/c1-22-12-19-21-17(22)29(25,26)14-6-9-23(10-7-14)16(24)5-8-20-30(27,28)15-4-2-3-13(18)11-15/h2-4,11-12,14,20H,5-10H2,1H3. The van der Waals surface area contributed by atoms with Gasteiger partial charge in [0, 0.05) is 33.1 Å². The lowest BCUT2D eigenvalue weighted by Gasteiger charge is -2.31. The summed E-state index contributed by atoms with van der Waals surface area (Å²) in [4.78, 5) is 13.7. The fraction of sp³-hybridized carbons (Fsp3) is 0.471. The molecule has 30 heavy (non-hydrogen) atoms. The lowest BCUT2D eigenvalue weighted by molar-refractivity contribution is -0.131. The Balaban J connectivity index is 1.51. The number of aromatic nitrogens is 3. The summed E-state index contributed by atoms with van der Waals surface area (Å²) in [6.07, 6.45) is 1.75. The number of halogens is 1. The first-order valence-electron chi connectivity index (χ1n) is 9.22. The molecule has 13 heteroatoms. The summed E-state index contributed by atoms with van der Waals surface area (Å²) >= 11 is 0. The van der Waals surface area contributed by atoms with Crippen LogP contribution >= 0.6 is 0 Å². The van der Waals surface area contributed by atoms with E-state index in [1.165, 1.54) is 27.9 Å². The van der Waals surface area contributed by atoms with Crippen LogP contribution in [0.1, 0.15) is 19.3 Å². The molecule has 1 N–H and O–H groups in total. The van der Waals surface area contributed by atoms with Gasteiger partial charge in [0.15, 0.2) is 0 Å². The van der Waals surface area contributed by atoms with E-state index >= 15 is 0 Å². The minimum absolute atomic E-state index is 0.0880. The maximum absolute atomic E-state index is 13.2. The van der Waals surface area contributed by atoms with Crippen molar-refractivity contribution in [3.63, 3.8) is 0 Å². The molecule has 0 saturated carbocycles. The lowest BCUT2D eigenvalue weighted by atomic mass is 10.1.